The van der Waals surface area contributed by atoms with Crippen molar-refractivity contribution in [1.29, 1.82) is 0 Å². The van der Waals surface area contributed by atoms with Gasteiger partial charge < -0.3 is 19.4 Å². The summed E-state index contributed by atoms with van der Waals surface area (Å²) in [5, 5.41) is 2.94. The van der Waals surface area contributed by atoms with E-state index in [0.717, 1.165) is 11.0 Å². The summed E-state index contributed by atoms with van der Waals surface area (Å²) >= 11 is 0. The Balaban J connectivity index is 1.67. The molecule has 1 fully saturated rings. The normalized spacial score (nSPS) is 17.4. The standard InChI is InChI=1S/C22H28BNO4/c1-21(2)22(3,4)28-23(27-21)17-12-13-18(19(15-17)26-5)24-20(25)14-11-16-9-7-6-8-10-16/h6-10,12-13,15H,11,14H2,1-5H3,(H,24,25). The van der Waals surface area contributed by atoms with Gasteiger partial charge in [0.2, 0.25) is 5.91 Å². The van der Waals surface area contributed by atoms with Crippen molar-refractivity contribution in [2.45, 2.75) is 51.7 Å². The Kier molecular flexibility index (Phi) is 5.82. The minimum Gasteiger partial charge on any atom is -0.495 e. The highest BCUT2D eigenvalue weighted by Crippen LogP contribution is 2.37. The van der Waals surface area contributed by atoms with Crippen molar-refractivity contribution in [2.24, 2.45) is 0 Å². The maximum atomic E-state index is 12.3. The molecule has 0 saturated carbocycles. The number of carbonyl (C=O) groups excluding carboxylic acids is 1. The predicted octanol–water partition coefficient (Wildman–Crippen LogP) is 3.57. The number of nitrogens with one attached hydrogen (secondary N) is 1. The molecule has 3 rings (SSSR count). The Hall–Kier alpha value is -2.31. The molecule has 1 amide bonds. The molecule has 0 atom stereocenters. The molecule has 0 bridgehead atoms. The summed E-state index contributed by atoms with van der Waals surface area (Å²) < 4.78 is 17.7. The van der Waals surface area contributed by atoms with Crippen LogP contribution in [0.4, 0.5) is 5.69 Å². The van der Waals surface area contributed by atoms with Crippen LogP contribution in [0.15, 0.2) is 48.5 Å². The zero-order valence-corrected chi connectivity index (χ0v) is 17.2. The van der Waals surface area contributed by atoms with Crippen LogP contribution in [0.2, 0.25) is 0 Å². The summed E-state index contributed by atoms with van der Waals surface area (Å²) in [6.45, 7) is 8.08. The minimum atomic E-state index is -0.471. The number of hydrogen-bond acceptors (Lipinski definition) is 4. The largest absolute Gasteiger partial charge is 0.495 e. The number of aryl methyl sites for hydroxylation is 1. The van der Waals surface area contributed by atoms with Crippen molar-refractivity contribution in [2.75, 3.05) is 12.4 Å². The Bertz CT molecular complexity index is 820. The lowest BCUT2D eigenvalue weighted by atomic mass is 9.79. The summed E-state index contributed by atoms with van der Waals surface area (Å²) in [7, 11) is 1.12. The maximum absolute atomic E-state index is 12.3. The molecule has 1 N–H and O–H groups in total. The molecule has 1 aliphatic heterocycles. The maximum Gasteiger partial charge on any atom is 0.494 e. The van der Waals surface area contributed by atoms with Crippen LogP contribution in [0, 0.1) is 0 Å². The molecule has 6 heteroatoms. The van der Waals surface area contributed by atoms with Gasteiger partial charge in [-0.3, -0.25) is 4.79 Å². The molecule has 1 aliphatic rings. The molecule has 2 aromatic rings. The van der Waals surface area contributed by atoms with E-state index < -0.39 is 18.3 Å². The summed E-state index contributed by atoms with van der Waals surface area (Å²) in [6.07, 6.45) is 1.10. The Morgan fingerprint density at radius 2 is 1.68 bits per heavy atom. The van der Waals surface area contributed by atoms with Gasteiger partial charge in [-0.15, -0.1) is 0 Å². The molecule has 0 unspecified atom stereocenters. The second kappa shape index (κ2) is 7.98. The third kappa shape index (κ3) is 4.40. The van der Waals surface area contributed by atoms with Gasteiger partial charge in [0.25, 0.3) is 0 Å². The molecule has 1 saturated heterocycles. The van der Waals surface area contributed by atoms with Gasteiger partial charge in [0.05, 0.1) is 24.0 Å². The van der Waals surface area contributed by atoms with E-state index in [9.17, 15) is 4.79 Å². The number of carbonyl (C=O) groups is 1. The molecular weight excluding hydrogens is 353 g/mol. The van der Waals surface area contributed by atoms with Crippen molar-refractivity contribution in [3.05, 3.63) is 54.1 Å². The third-order valence-corrected chi connectivity index (χ3v) is 5.51. The van der Waals surface area contributed by atoms with E-state index in [1.54, 1.807) is 7.11 Å². The molecule has 5 nitrogen and oxygen atoms in total. The lowest BCUT2D eigenvalue weighted by molar-refractivity contribution is -0.116. The van der Waals surface area contributed by atoms with Crippen molar-refractivity contribution < 1.29 is 18.8 Å². The van der Waals surface area contributed by atoms with Crippen LogP contribution in [-0.4, -0.2) is 31.3 Å². The number of benzene rings is 2. The van der Waals surface area contributed by atoms with Gasteiger partial charge in [-0.2, -0.15) is 0 Å². The number of ether oxygens (including phenoxy) is 1. The van der Waals surface area contributed by atoms with Crippen LogP contribution in [0.3, 0.4) is 0 Å². The van der Waals surface area contributed by atoms with Gasteiger partial charge in [-0.25, -0.2) is 0 Å². The molecule has 0 spiro atoms. The molecule has 1 heterocycles. The summed E-state index contributed by atoms with van der Waals surface area (Å²) in [5.74, 6) is 0.533. The monoisotopic (exact) mass is 381 g/mol. The summed E-state index contributed by atoms with van der Waals surface area (Å²) in [6, 6.07) is 15.6. The van der Waals surface area contributed by atoms with Crippen molar-refractivity contribution in [1.82, 2.24) is 0 Å². The number of hydrogen-bond donors (Lipinski definition) is 1. The van der Waals surface area contributed by atoms with Gasteiger partial charge in [-0.05, 0) is 57.3 Å². The molecular formula is C22H28BNO4. The molecule has 0 aliphatic carbocycles. The first-order valence-electron chi connectivity index (χ1n) is 9.59. The van der Waals surface area contributed by atoms with E-state index >= 15 is 0 Å². The fourth-order valence-electron chi connectivity index (χ4n) is 3.05. The zero-order chi connectivity index (χ0) is 20.4. The number of amides is 1. The van der Waals surface area contributed by atoms with Crippen LogP contribution in [0.1, 0.15) is 39.7 Å². The Labute approximate surface area is 167 Å². The van der Waals surface area contributed by atoms with Gasteiger partial charge in [-0.1, -0.05) is 36.4 Å². The van der Waals surface area contributed by atoms with Crippen molar-refractivity contribution in [3.63, 3.8) is 0 Å². The lowest BCUT2D eigenvalue weighted by Gasteiger charge is -2.32. The zero-order valence-electron chi connectivity index (χ0n) is 17.2. The van der Waals surface area contributed by atoms with Crippen molar-refractivity contribution in [3.8, 4) is 5.75 Å². The van der Waals surface area contributed by atoms with Crippen LogP contribution in [0.25, 0.3) is 0 Å². The topological polar surface area (TPSA) is 56.8 Å². The third-order valence-electron chi connectivity index (χ3n) is 5.51. The molecule has 2 aromatic carbocycles. The van der Waals surface area contributed by atoms with Crippen LogP contribution < -0.4 is 15.5 Å². The SMILES string of the molecule is COc1cc(B2OC(C)(C)C(C)(C)O2)ccc1NC(=O)CCc1ccccc1. The smallest absolute Gasteiger partial charge is 0.494 e. The molecule has 0 radical (unpaired) electrons. The van der Waals surface area contributed by atoms with Gasteiger partial charge >= 0.3 is 7.12 Å². The number of methoxy groups -OCH3 is 1. The quantitative estimate of drug-likeness (QED) is 0.778. The highest BCUT2D eigenvalue weighted by Gasteiger charge is 2.51. The van der Waals surface area contributed by atoms with E-state index in [2.05, 4.69) is 5.32 Å². The first-order chi connectivity index (χ1) is 13.2. The van der Waals surface area contributed by atoms with Gasteiger partial charge in [0, 0.05) is 6.42 Å². The second-order valence-corrected chi connectivity index (χ2v) is 8.08. The average Bonchev–Trinajstić information content (AvgIpc) is 2.88. The van der Waals surface area contributed by atoms with E-state index in [1.165, 1.54) is 0 Å². The van der Waals surface area contributed by atoms with Gasteiger partial charge in [0.1, 0.15) is 5.75 Å². The van der Waals surface area contributed by atoms with Crippen LogP contribution >= 0.6 is 0 Å². The Morgan fingerprint density at radius 1 is 1.04 bits per heavy atom. The minimum absolute atomic E-state index is 0.0504. The molecule has 28 heavy (non-hydrogen) atoms. The van der Waals surface area contributed by atoms with E-state index in [-0.39, 0.29) is 5.91 Å². The molecule has 0 aromatic heterocycles. The first kappa shape index (κ1) is 20.4. The van der Waals surface area contributed by atoms with Crippen molar-refractivity contribution >= 4 is 24.2 Å². The van der Waals surface area contributed by atoms with E-state index in [0.29, 0.717) is 24.3 Å². The predicted molar refractivity (Wildman–Crippen MR) is 112 cm³/mol. The second-order valence-electron chi connectivity index (χ2n) is 8.08. The molecule has 148 valence electrons. The fraction of sp³-hybridized carbons (Fsp3) is 0.409. The number of rotatable bonds is 6. The van der Waals surface area contributed by atoms with E-state index in [1.807, 2.05) is 76.2 Å². The van der Waals surface area contributed by atoms with Gasteiger partial charge in [0.15, 0.2) is 0 Å². The first-order valence-corrected chi connectivity index (χ1v) is 9.59. The summed E-state index contributed by atoms with van der Waals surface area (Å²) in [5.41, 5.74) is 1.82. The highest BCUT2D eigenvalue weighted by molar-refractivity contribution is 6.62. The van der Waals surface area contributed by atoms with Crippen LogP contribution in [-0.2, 0) is 20.5 Å². The van der Waals surface area contributed by atoms with Crippen LogP contribution in [0.5, 0.6) is 5.75 Å². The fourth-order valence-corrected chi connectivity index (χ4v) is 3.05. The van der Waals surface area contributed by atoms with E-state index in [4.69, 9.17) is 14.0 Å². The average molecular weight is 381 g/mol. The highest BCUT2D eigenvalue weighted by atomic mass is 16.7. The lowest BCUT2D eigenvalue weighted by Crippen LogP contribution is -2.41. The number of anilines is 1. The summed E-state index contributed by atoms with van der Waals surface area (Å²) in [4.78, 5) is 12.3. The Morgan fingerprint density at radius 3 is 2.29 bits per heavy atom.